The zero-order valence-corrected chi connectivity index (χ0v) is 15.3. The summed E-state index contributed by atoms with van der Waals surface area (Å²) in [4.78, 5) is 1.35. The minimum absolute atomic E-state index is 0.507. The topological polar surface area (TPSA) is 39.7 Å². The summed E-state index contributed by atoms with van der Waals surface area (Å²) in [5, 5.41) is 5.56. The molecule has 0 unspecified atom stereocenters. The molecule has 0 atom stereocenters. The van der Waals surface area contributed by atoms with Gasteiger partial charge < -0.3 is 19.5 Å². The number of fused-ring (bicyclic) bond motifs is 1. The van der Waals surface area contributed by atoms with Crippen molar-refractivity contribution in [3.05, 3.63) is 76.0 Å². The average molecular weight is 367 g/mol. The third kappa shape index (κ3) is 4.36. The van der Waals surface area contributed by atoms with E-state index in [4.69, 9.17) is 14.2 Å². The van der Waals surface area contributed by atoms with E-state index >= 15 is 0 Å². The Morgan fingerprint density at radius 2 is 1.69 bits per heavy atom. The molecule has 1 N–H and O–H groups in total. The molecule has 1 aliphatic heterocycles. The molecule has 0 amide bonds. The first kappa shape index (κ1) is 16.9. The Labute approximate surface area is 157 Å². The maximum Gasteiger partial charge on any atom is 0.161 e. The minimum atomic E-state index is 0.507. The van der Waals surface area contributed by atoms with Crippen molar-refractivity contribution in [2.24, 2.45) is 0 Å². The van der Waals surface area contributed by atoms with Crippen molar-refractivity contribution >= 4 is 11.3 Å². The second-order valence-corrected chi connectivity index (χ2v) is 7.13. The summed E-state index contributed by atoms with van der Waals surface area (Å²) in [5.41, 5.74) is 2.31. The van der Waals surface area contributed by atoms with E-state index in [0.717, 1.165) is 35.9 Å². The highest BCUT2D eigenvalue weighted by Gasteiger charge is 2.11. The van der Waals surface area contributed by atoms with Gasteiger partial charge in [-0.05, 0) is 46.8 Å². The lowest BCUT2D eigenvalue weighted by molar-refractivity contribution is 0.171. The highest BCUT2D eigenvalue weighted by molar-refractivity contribution is 7.09. The van der Waals surface area contributed by atoms with E-state index in [2.05, 4.69) is 35.0 Å². The summed E-state index contributed by atoms with van der Waals surface area (Å²) in [6, 6.07) is 18.4. The van der Waals surface area contributed by atoms with Gasteiger partial charge in [0.1, 0.15) is 25.6 Å². The number of nitrogens with one attached hydrogen (secondary N) is 1. The molecule has 0 saturated heterocycles. The van der Waals surface area contributed by atoms with Crippen molar-refractivity contribution in [2.75, 3.05) is 13.2 Å². The molecule has 0 radical (unpaired) electrons. The Hall–Kier alpha value is -2.50. The SMILES string of the molecule is c1csc(CNCc2ccc(OCc3ccc4c(c3)OCCO4)cc2)c1. The number of benzene rings is 2. The summed E-state index contributed by atoms with van der Waals surface area (Å²) in [6.45, 7) is 3.46. The van der Waals surface area contributed by atoms with Gasteiger partial charge in [-0.25, -0.2) is 0 Å². The zero-order valence-electron chi connectivity index (χ0n) is 14.4. The lowest BCUT2D eigenvalue weighted by Crippen LogP contribution is -2.15. The molecule has 26 heavy (non-hydrogen) atoms. The molecule has 2 aromatic carbocycles. The van der Waals surface area contributed by atoms with Crippen LogP contribution in [0.3, 0.4) is 0 Å². The van der Waals surface area contributed by atoms with Crippen molar-refractivity contribution in [3.63, 3.8) is 0 Å². The van der Waals surface area contributed by atoms with Gasteiger partial charge in [0.25, 0.3) is 0 Å². The van der Waals surface area contributed by atoms with Gasteiger partial charge in [-0.2, -0.15) is 0 Å². The molecule has 3 aromatic rings. The minimum Gasteiger partial charge on any atom is -0.489 e. The van der Waals surface area contributed by atoms with E-state index in [1.807, 2.05) is 30.3 Å². The van der Waals surface area contributed by atoms with Crippen LogP contribution in [0.5, 0.6) is 17.2 Å². The number of hydrogen-bond acceptors (Lipinski definition) is 5. The van der Waals surface area contributed by atoms with E-state index in [9.17, 15) is 0 Å². The predicted molar refractivity (Wildman–Crippen MR) is 103 cm³/mol. The Morgan fingerprint density at radius 1 is 0.885 bits per heavy atom. The van der Waals surface area contributed by atoms with Gasteiger partial charge in [0.05, 0.1) is 0 Å². The van der Waals surface area contributed by atoms with Crippen LogP contribution in [0.1, 0.15) is 16.0 Å². The summed E-state index contributed by atoms with van der Waals surface area (Å²) in [5.74, 6) is 2.46. The molecule has 0 saturated carbocycles. The van der Waals surface area contributed by atoms with Gasteiger partial charge in [0, 0.05) is 18.0 Å². The molecule has 0 aliphatic carbocycles. The van der Waals surface area contributed by atoms with Crippen LogP contribution in [0.25, 0.3) is 0 Å². The molecule has 4 nitrogen and oxygen atoms in total. The molecular weight excluding hydrogens is 346 g/mol. The maximum absolute atomic E-state index is 5.89. The monoisotopic (exact) mass is 367 g/mol. The molecule has 5 heteroatoms. The molecular formula is C21H21NO3S. The van der Waals surface area contributed by atoms with Gasteiger partial charge in [-0.3, -0.25) is 0 Å². The second-order valence-electron chi connectivity index (χ2n) is 6.09. The largest absolute Gasteiger partial charge is 0.489 e. The second kappa shape index (κ2) is 8.25. The Kier molecular flexibility index (Phi) is 5.38. The van der Waals surface area contributed by atoms with Crippen LogP contribution in [0.2, 0.25) is 0 Å². The first-order valence-electron chi connectivity index (χ1n) is 8.70. The number of ether oxygens (including phenoxy) is 3. The smallest absolute Gasteiger partial charge is 0.161 e. The Balaban J connectivity index is 1.27. The van der Waals surface area contributed by atoms with E-state index in [-0.39, 0.29) is 0 Å². The Bertz CT molecular complexity index is 831. The van der Waals surface area contributed by atoms with Crippen molar-refractivity contribution in [1.82, 2.24) is 5.32 Å². The molecule has 1 aliphatic rings. The first-order valence-corrected chi connectivity index (χ1v) is 9.58. The predicted octanol–water partition coefficient (Wildman–Crippen LogP) is 4.39. The summed E-state index contributed by atoms with van der Waals surface area (Å²) in [6.07, 6.45) is 0. The normalized spacial score (nSPS) is 12.8. The molecule has 4 rings (SSSR count). The molecule has 0 fully saturated rings. The lowest BCUT2D eigenvalue weighted by atomic mass is 10.2. The van der Waals surface area contributed by atoms with Gasteiger partial charge in [0.15, 0.2) is 11.5 Å². The van der Waals surface area contributed by atoms with E-state index in [1.54, 1.807) is 11.3 Å². The van der Waals surface area contributed by atoms with Crippen LogP contribution in [0.15, 0.2) is 60.0 Å². The Morgan fingerprint density at radius 3 is 2.50 bits per heavy atom. The van der Waals surface area contributed by atoms with Crippen molar-refractivity contribution in [3.8, 4) is 17.2 Å². The van der Waals surface area contributed by atoms with Gasteiger partial charge in [-0.1, -0.05) is 24.3 Å². The van der Waals surface area contributed by atoms with Gasteiger partial charge in [-0.15, -0.1) is 11.3 Å². The van der Waals surface area contributed by atoms with Crippen molar-refractivity contribution in [2.45, 2.75) is 19.7 Å². The van der Waals surface area contributed by atoms with Crippen LogP contribution in [0, 0.1) is 0 Å². The van der Waals surface area contributed by atoms with Crippen LogP contribution >= 0.6 is 11.3 Å². The summed E-state index contributed by atoms with van der Waals surface area (Å²) >= 11 is 1.77. The standard InChI is InChI=1S/C21H21NO3S/c1-2-19(26-11-1)14-22-13-16-3-6-18(7-4-16)25-15-17-5-8-20-21(12-17)24-10-9-23-20/h1-8,11-12,22H,9-10,13-15H2. The third-order valence-corrected chi connectivity index (χ3v) is 5.02. The molecule has 134 valence electrons. The highest BCUT2D eigenvalue weighted by atomic mass is 32.1. The zero-order chi connectivity index (χ0) is 17.6. The van der Waals surface area contributed by atoms with Crippen molar-refractivity contribution < 1.29 is 14.2 Å². The quantitative estimate of drug-likeness (QED) is 0.672. The van der Waals surface area contributed by atoms with Crippen LogP contribution in [-0.4, -0.2) is 13.2 Å². The number of rotatable bonds is 7. The fraction of sp³-hybridized carbons (Fsp3) is 0.238. The lowest BCUT2D eigenvalue weighted by Gasteiger charge is -2.19. The van der Waals surface area contributed by atoms with Gasteiger partial charge >= 0.3 is 0 Å². The molecule has 0 bridgehead atoms. The fourth-order valence-corrected chi connectivity index (χ4v) is 3.47. The number of thiophene rings is 1. The highest BCUT2D eigenvalue weighted by Crippen LogP contribution is 2.31. The first-order chi connectivity index (χ1) is 12.9. The maximum atomic E-state index is 5.89. The van der Waals surface area contributed by atoms with Gasteiger partial charge in [0.2, 0.25) is 0 Å². The van der Waals surface area contributed by atoms with Crippen LogP contribution < -0.4 is 19.5 Å². The average Bonchev–Trinajstić information content (AvgIpc) is 3.21. The van der Waals surface area contributed by atoms with Crippen LogP contribution in [0.4, 0.5) is 0 Å². The van der Waals surface area contributed by atoms with E-state index in [0.29, 0.717) is 19.8 Å². The molecule has 2 heterocycles. The summed E-state index contributed by atoms with van der Waals surface area (Å²) < 4.78 is 17.0. The van der Waals surface area contributed by atoms with Crippen LogP contribution in [-0.2, 0) is 19.7 Å². The summed E-state index contributed by atoms with van der Waals surface area (Å²) in [7, 11) is 0. The molecule has 1 aromatic heterocycles. The van der Waals surface area contributed by atoms with Crippen molar-refractivity contribution in [1.29, 1.82) is 0 Å². The molecule has 0 spiro atoms. The number of hydrogen-bond donors (Lipinski definition) is 1. The van der Waals surface area contributed by atoms with E-state index in [1.165, 1.54) is 10.4 Å². The fourth-order valence-electron chi connectivity index (χ4n) is 2.79. The van der Waals surface area contributed by atoms with E-state index < -0.39 is 0 Å². The third-order valence-electron chi connectivity index (χ3n) is 4.14.